The summed E-state index contributed by atoms with van der Waals surface area (Å²) in [6, 6.07) is 11.9. The summed E-state index contributed by atoms with van der Waals surface area (Å²) in [7, 11) is 2.22. The molecule has 1 aliphatic heterocycles. The summed E-state index contributed by atoms with van der Waals surface area (Å²) in [4.78, 5) is 6.41. The van der Waals surface area contributed by atoms with E-state index in [9.17, 15) is 0 Å². The molecule has 0 saturated carbocycles. The molecule has 4 heteroatoms. The van der Waals surface area contributed by atoms with Crippen LogP contribution in [0.3, 0.4) is 0 Å². The van der Waals surface area contributed by atoms with E-state index in [2.05, 4.69) is 66.3 Å². The normalized spacial score (nSPS) is 18.7. The molecule has 1 heterocycles. The molecule has 3 nitrogen and oxygen atoms in total. The minimum absolute atomic E-state index is 0.550. The van der Waals surface area contributed by atoms with Crippen molar-refractivity contribution in [1.82, 2.24) is 15.1 Å². The van der Waals surface area contributed by atoms with Crippen LogP contribution in [0.15, 0.2) is 35.2 Å². The number of nitrogens with one attached hydrogen (secondary N) is 1. The van der Waals surface area contributed by atoms with Gasteiger partial charge in [0.2, 0.25) is 0 Å². The van der Waals surface area contributed by atoms with Gasteiger partial charge in [-0.1, -0.05) is 32.0 Å². The zero-order chi connectivity index (χ0) is 15.8. The second-order valence-electron chi connectivity index (χ2n) is 6.58. The Bertz CT molecular complexity index is 402. The molecule has 0 amide bonds. The zero-order valence-electron chi connectivity index (χ0n) is 14.3. The summed E-state index contributed by atoms with van der Waals surface area (Å²) in [5, 5.41) is 3.74. The average Bonchev–Trinajstić information content (AvgIpc) is 2.52. The number of benzene rings is 1. The fourth-order valence-corrected chi connectivity index (χ4v) is 3.82. The predicted molar refractivity (Wildman–Crippen MR) is 97.8 cm³/mol. The van der Waals surface area contributed by atoms with E-state index >= 15 is 0 Å². The fourth-order valence-electron chi connectivity index (χ4n) is 2.81. The molecule has 1 atom stereocenters. The Morgan fingerprint density at radius 1 is 1.09 bits per heavy atom. The lowest BCUT2D eigenvalue weighted by Gasteiger charge is -2.33. The third-order valence-corrected chi connectivity index (χ3v) is 5.33. The highest BCUT2D eigenvalue weighted by atomic mass is 32.2. The standard InChI is InChI=1S/C18H31N3S/c1-16(2)19-17(15-22-18-7-5-4-6-8-18)9-10-21-13-11-20(3)12-14-21/h4-8,16-17,19H,9-15H2,1-3H3. The molecule has 0 radical (unpaired) electrons. The van der Waals surface area contributed by atoms with Crippen molar-refractivity contribution in [3.63, 3.8) is 0 Å². The van der Waals surface area contributed by atoms with Gasteiger partial charge in [-0.15, -0.1) is 11.8 Å². The maximum absolute atomic E-state index is 3.74. The largest absolute Gasteiger partial charge is 0.311 e. The van der Waals surface area contributed by atoms with Crippen molar-refractivity contribution in [2.24, 2.45) is 0 Å². The summed E-state index contributed by atoms with van der Waals surface area (Å²) >= 11 is 1.97. The first-order valence-corrected chi connectivity index (χ1v) is 9.47. The number of thioether (sulfide) groups is 1. The predicted octanol–water partition coefficient (Wildman–Crippen LogP) is 2.78. The molecule has 0 spiro atoms. The van der Waals surface area contributed by atoms with Crippen LogP contribution in [0.1, 0.15) is 20.3 Å². The van der Waals surface area contributed by atoms with E-state index < -0.39 is 0 Å². The van der Waals surface area contributed by atoms with Crippen molar-refractivity contribution in [1.29, 1.82) is 0 Å². The molecular weight excluding hydrogens is 290 g/mol. The van der Waals surface area contributed by atoms with Crippen molar-refractivity contribution in [3.8, 4) is 0 Å². The van der Waals surface area contributed by atoms with Gasteiger partial charge in [0.25, 0.3) is 0 Å². The number of hydrogen-bond donors (Lipinski definition) is 1. The summed E-state index contributed by atoms with van der Waals surface area (Å²) in [6.45, 7) is 10.6. The first kappa shape index (κ1) is 17.8. The third-order valence-electron chi connectivity index (χ3n) is 4.15. The van der Waals surface area contributed by atoms with E-state index in [1.165, 1.54) is 44.0 Å². The first-order chi connectivity index (χ1) is 10.6. The van der Waals surface area contributed by atoms with Gasteiger partial charge >= 0.3 is 0 Å². The number of rotatable bonds is 8. The van der Waals surface area contributed by atoms with Crippen LogP contribution in [0.25, 0.3) is 0 Å². The van der Waals surface area contributed by atoms with Gasteiger partial charge in [0.05, 0.1) is 0 Å². The molecule has 1 aromatic rings. The zero-order valence-corrected chi connectivity index (χ0v) is 15.1. The average molecular weight is 322 g/mol. The summed E-state index contributed by atoms with van der Waals surface area (Å²) in [6.07, 6.45) is 1.24. The number of hydrogen-bond acceptors (Lipinski definition) is 4. The Morgan fingerprint density at radius 2 is 1.77 bits per heavy atom. The lowest BCUT2D eigenvalue weighted by Crippen LogP contribution is -2.46. The number of piperazine rings is 1. The van der Waals surface area contributed by atoms with Gasteiger partial charge in [-0.3, -0.25) is 0 Å². The lowest BCUT2D eigenvalue weighted by molar-refractivity contribution is 0.149. The van der Waals surface area contributed by atoms with Gasteiger partial charge in [-0.25, -0.2) is 0 Å². The van der Waals surface area contributed by atoms with Crippen molar-refractivity contribution in [2.75, 3.05) is 45.5 Å². The monoisotopic (exact) mass is 321 g/mol. The van der Waals surface area contributed by atoms with Gasteiger partial charge in [0.15, 0.2) is 0 Å². The van der Waals surface area contributed by atoms with Gasteiger partial charge in [0, 0.05) is 48.9 Å². The van der Waals surface area contributed by atoms with Crippen LogP contribution in [0, 0.1) is 0 Å². The molecule has 1 unspecified atom stereocenters. The molecule has 0 aromatic heterocycles. The first-order valence-electron chi connectivity index (χ1n) is 8.48. The van der Waals surface area contributed by atoms with Crippen LogP contribution >= 0.6 is 11.8 Å². The molecule has 0 aliphatic carbocycles. The van der Waals surface area contributed by atoms with Crippen LogP contribution in [0.5, 0.6) is 0 Å². The van der Waals surface area contributed by atoms with E-state index in [-0.39, 0.29) is 0 Å². The highest BCUT2D eigenvalue weighted by molar-refractivity contribution is 7.99. The van der Waals surface area contributed by atoms with Crippen LogP contribution in [0.4, 0.5) is 0 Å². The Hall–Kier alpha value is -0.550. The van der Waals surface area contributed by atoms with E-state index in [1.807, 2.05) is 11.8 Å². The van der Waals surface area contributed by atoms with Gasteiger partial charge in [-0.2, -0.15) is 0 Å². The SMILES string of the molecule is CC(C)NC(CCN1CCN(C)CC1)CSc1ccccc1. The molecular formula is C18H31N3S. The summed E-state index contributed by atoms with van der Waals surface area (Å²) in [5.41, 5.74) is 0. The fraction of sp³-hybridized carbons (Fsp3) is 0.667. The van der Waals surface area contributed by atoms with Crippen molar-refractivity contribution >= 4 is 11.8 Å². The van der Waals surface area contributed by atoms with Crippen molar-refractivity contribution < 1.29 is 0 Å². The van der Waals surface area contributed by atoms with Gasteiger partial charge < -0.3 is 15.1 Å². The highest BCUT2D eigenvalue weighted by Gasteiger charge is 2.16. The minimum atomic E-state index is 0.550. The van der Waals surface area contributed by atoms with E-state index in [4.69, 9.17) is 0 Å². The molecule has 2 rings (SSSR count). The maximum Gasteiger partial charge on any atom is 0.0176 e. The molecule has 1 fully saturated rings. The second kappa shape index (κ2) is 9.56. The van der Waals surface area contributed by atoms with Crippen LogP contribution in [-0.2, 0) is 0 Å². The highest BCUT2D eigenvalue weighted by Crippen LogP contribution is 2.19. The maximum atomic E-state index is 3.74. The minimum Gasteiger partial charge on any atom is -0.311 e. The topological polar surface area (TPSA) is 18.5 Å². The van der Waals surface area contributed by atoms with Gasteiger partial charge in [-0.05, 0) is 32.1 Å². The Balaban J connectivity index is 1.76. The van der Waals surface area contributed by atoms with E-state index in [0.29, 0.717) is 12.1 Å². The van der Waals surface area contributed by atoms with Crippen molar-refractivity contribution in [2.45, 2.75) is 37.2 Å². The Labute approximate surface area is 140 Å². The van der Waals surface area contributed by atoms with Gasteiger partial charge in [0.1, 0.15) is 0 Å². The number of likely N-dealkylation sites (N-methyl/N-ethyl adjacent to an activating group) is 1. The van der Waals surface area contributed by atoms with E-state index in [0.717, 1.165) is 5.75 Å². The van der Waals surface area contributed by atoms with Crippen LogP contribution in [-0.4, -0.2) is 67.4 Å². The molecule has 1 N–H and O–H groups in total. The molecule has 0 bridgehead atoms. The lowest BCUT2D eigenvalue weighted by atomic mass is 10.2. The molecule has 124 valence electrons. The number of nitrogens with zero attached hydrogens (tertiary/aromatic N) is 2. The molecule has 1 saturated heterocycles. The Kier molecular flexibility index (Phi) is 7.73. The van der Waals surface area contributed by atoms with Crippen LogP contribution < -0.4 is 5.32 Å². The van der Waals surface area contributed by atoms with Crippen molar-refractivity contribution in [3.05, 3.63) is 30.3 Å². The molecule has 1 aliphatic rings. The third kappa shape index (κ3) is 6.69. The quantitative estimate of drug-likeness (QED) is 0.742. The Morgan fingerprint density at radius 3 is 2.41 bits per heavy atom. The molecule has 22 heavy (non-hydrogen) atoms. The second-order valence-corrected chi connectivity index (χ2v) is 7.67. The summed E-state index contributed by atoms with van der Waals surface area (Å²) < 4.78 is 0. The van der Waals surface area contributed by atoms with E-state index in [1.54, 1.807) is 0 Å². The smallest absolute Gasteiger partial charge is 0.0176 e. The molecule has 1 aromatic carbocycles. The summed E-state index contributed by atoms with van der Waals surface area (Å²) in [5.74, 6) is 1.15. The van der Waals surface area contributed by atoms with Crippen LogP contribution in [0.2, 0.25) is 0 Å².